The molecule has 2 aliphatic carbocycles. The molecular formula is C23H20O3. The quantitative estimate of drug-likeness (QED) is 0.260. The van der Waals surface area contributed by atoms with E-state index in [4.69, 9.17) is 4.74 Å². The van der Waals surface area contributed by atoms with Gasteiger partial charge in [-0.1, -0.05) is 60.7 Å². The van der Waals surface area contributed by atoms with Crippen LogP contribution in [0.1, 0.15) is 28.8 Å². The second kappa shape index (κ2) is 7.12. The number of carbonyl (C=O) groups excluding carboxylic acids is 2. The summed E-state index contributed by atoms with van der Waals surface area (Å²) in [6.07, 6.45) is 9.59. The minimum Gasteiger partial charge on any atom is -0.426 e. The third kappa shape index (κ3) is 3.52. The van der Waals surface area contributed by atoms with Crippen molar-refractivity contribution in [2.24, 2.45) is 17.8 Å². The van der Waals surface area contributed by atoms with Gasteiger partial charge in [-0.05, 0) is 48.4 Å². The number of allylic oxidation sites excluding steroid dienone is 3. The second-order valence-electron chi connectivity index (χ2n) is 6.94. The monoisotopic (exact) mass is 344 g/mol. The van der Waals surface area contributed by atoms with Gasteiger partial charge in [0.2, 0.25) is 0 Å². The topological polar surface area (TPSA) is 43.4 Å². The van der Waals surface area contributed by atoms with Gasteiger partial charge in [-0.2, -0.15) is 0 Å². The van der Waals surface area contributed by atoms with Gasteiger partial charge in [-0.15, -0.1) is 0 Å². The zero-order chi connectivity index (χ0) is 17.9. The number of benzene rings is 2. The largest absolute Gasteiger partial charge is 0.426 e. The highest BCUT2D eigenvalue weighted by Crippen LogP contribution is 2.43. The van der Waals surface area contributed by atoms with E-state index in [1.807, 2.05) is 30.3 Å². The Morgan fingerprint density at radius 2 is 1.81 bits per heavy atom. The van der Waals surface area contributed by atoms with Crippen LogP contribution in [0.25, 0.3) is 6.08 Å². The Morgan fingerprint density at radius 3 is 2.54 bits per heavy atom. The van der Waals surface area contributed by atoms with Gasteiger partial charge in [0.05, 0.1) is 5.92 Å². The molecule has 0 heterocycles. The van der Waals surface area contributed by atoms with Gasteiger partial charge in [-0.3, -0.25) is 9.59 Å². The first-order chi connectivity index (χ1) is 12.7. The molecule has 0 spiro atoms. The van der Waals surface area contributed by atoms with Crippen molar-refractivity contribution in [2.45, 2.75) is 12.8 Å². The van der Waals surface area contributed by atoms with Crippen molar-refractivity contribution in [3.63, 3.8) is 0 Å². The average molecular weight is 344 g/mol. The Balaban J connectivity index is 1.43. The maximum atomic E-state index is 12.4. The molecule has 1 saturated carbocycles. The van der Waals surface area contributed by atoms with Crippen molar-refractivity contribution in [3.8, 4) is 5.75 Å². The van der Waals surface area contributed by atoms with Crippen LogP contribution < -0.4 is 4.74 Å². The van der Waals surface area contributed by atoms with E-state index in [1.54, 1.807) is 30.3 Å². The first-order valence-electron chi connectivity index (χ1n) is 8.96. The summed E-state index contributed by atoms with van der Waals surface area (Å²) in [5, 5.41) is 0. The van der Waals surface area contributed by atoms with Crippen LogP contribution in [-0.4, -0.2) is 11.8 Å². The Labute approximate surface area is 153 Å². The molecule has 1 fully saturated rings. The molecule has 130 valence electrons. The van der Waals surface area contributed by atoms with Crippen LogP contribution in [0.15, 0.2) is 72.8 Å². The van der Waals surface area contributed by atoms with E-state index in [9.17, 15) is 9.59 Å². The standard InChI is InChI=1S/C23H20O3/c24-22(12-10-16-5-2-1-3-6-16)19-7-4-8-20(15-19)26-23(25)21-14-17-9-11-18(21)13-17/h1-12,15,17-18,21H,13-14H2. The highest BCUT2D eigenvalue weighted by atomic mass is 16.5. The Kier molecular flexibility index (Phi) is 4.53. The fourth-order valence-electron chi connectivity index (χ4n) is 3.79. The van der Waals surface area contributed by atoms with Crippen molar-refractivity contribution < 1.29 is 14.3 Å². The minimum absolute atomic E-state index is 0.0534. The fourth-order valence-corrected chi connectivity index (χ4v) is 3.79. The van der Waals surface area contributed by atoms with Crippen molar-refractivity contribution >= 4 is 17.8 Å². The first kappa shape index (κ1) is 16.5. The van der Waals surface area contributed by atoms with Gasteiger partial charge in [-0.25, -0.2) is 0 Å². The maximum Gasteiger partial charge on any atom is 0.314 e. The van der Waals surface area contributed by atoms with E-state index < -0.39 is 0 Å². The SMILES string of the molecule is O=C(C=Cc1ccccc1)c1cccc(OC(=O)C2CC3C=CC2C3)c1. The number of fused-ring (bicyclic) bond motifs is 2. The zero-order valence-corrected chi connectivity index (χ0v) is 14.4. The predicted octanol–water partition coefficient (Wildman–Crippen LogP) is 4.70. The van der Waals surface area contributed by atoms with Crippen molar-refractivity contribution in [2.75, 3.05) is 0 Å². The Hall–Kier alpha value is -2.94. The van der Waals surface area contributed by atoms with Crippen molar-refractivity contribution in [3.05, 3.63) is 84.0 Å². The summed E-state index contributed by atoms with van der Waals surface area (Å²) < 4.78 is 5.56. The average Bonchev–Trinajstić information content (AvgIpc) is 3.31. The molecule has 0 N–H and O–H groups in total. The van der Waals surface area contributed by atoms with E-state index in [-0.39, 0.29) is 17.7 Å². The van der Waals surface area contributed by atoms with E-state index in [1.165, 1.54) is 6.08 Å². The lowest BCUT2D eigenvalue weighted by atomic mass is 9.94. The smallest absolute Gasteiger partial charge is 0.314 e. The number of carbonyl (C=O) groups is 2. The van der Waals surface area contributed by atoms with Crippen LogP contribution in [0.4, 0.5) is 0 Å². The van der Waals surface area contributed by atoms with Crippen molar-refractivity contribution in [1.29, 1.82) is 0 Å². The highest BCUT2D eigenvalue weighted by Gasteiger charge is 2.40. The lowest BCUT2D eigenvalue weighted by molar-refractivity contribution is -0.139. The third-order valence-electron chi connectivity index (χ3n) is 5.15. The van der Waals surface area contributed by atoms with Crippen LogP contribution in [0.5, 0.6) is 5.75 Å². The number of esters is 1. The van der Waals surface area contributed by atoms with Crippen LogP contribution in [0.2, 0.25) is 0 Å². The van der Waals surface area contributed by atoms with E-state index in [0.29, 0.717) is 23.1 Å². The molecule has 0 aromatic heterocycles. The number of ketones is 1. The molecule has 3 unspecified atom stereocenters. The maximum absolute atomic E-state index is 12.4. The lowest BCUT2D eigenvalue weighted by Gasteiger charge is -2.16. The van der Waals surface area contributed by atoms with Crippen LogP contribution in [0.3, 0.4) is 0 Å². The molecule has 2 aromatic carbocycles. The molecule has 3 heteroatoms. The number of ether oxygens (including phenoxy) is 1. The van der Waals surface area contributed by atoms with Gasteiger partial charge < -0.3 is 4.74 Å². The fraction of sp³-hybridized carbons (Fsp3) is 0.217. The van der Waals surface area contributed by atoms with Gasteiger partial charge in [0.25, 0.3) is 0 Å². The van der Waals surface area contributed by atoms with E-state index in [2.05, 4.69) is 12.2 Å². The molecule has 2 bridgehead atoms. The lowest BCUT2D eigenvalue weighted by Crippen LogP contribution is -2.24. The Morgan fingerprint density at radius 1 is 0.962 bits per heavy atom. The molecule has 26 heavy (non-hydrogen) atoms. The molecule has 0 aliphatic heterocycles. The first-order valence-corrected chi connectivity index (χ1v) is 8.96. The second-order valence-corrected chi connectivity index (χ2v) is 6.94. The molecule has 3 nitrogen and oxygen atoms in total. The predicted molar refractivity (Wildman–Crippen MR) is 101 cm³/mol. The third-order valence-corrected chi connectivity index (χ3v) is 5.15. The summed E-state index contributed by atoms with van der Waals surface area (Å²) in [5.41, 5.74) is 1.48. The molecule has 0 radical (unpaired) electrons. The highest BCUT2D eigenvalue weighted by molar-refractivity contribution is 6.07. The summed E-state index contributed by atoms with van der Waals surface area (Å²) in [4.78, 5) is 24.8. The zero-order valence-electron chi connectivity index (χ0n) is 14.4. The molecule has 3 atom stereocenters. The van der Waals surface area contributed by atoms with Crippen molar-refractivity contribution in [1.82, 2.24) is 0 Å². The van der Waals surface area contributed by atoms with Gasteiger partial charge in [0.1, 0.15) is 5.75 Å². The molecule has 0 amide bonds. The molecule has 4 rings (SSSR count). The van der Waals surface area contributed by atoms with Gasteiger partial charge in [0, 0.05) is 5.56 Å². The van der Waals surface area contributed by atoms with Gasteiger partial charge >= 0.3 is 5.97 Å². The number of hydrogen-bond acceptors (Lipinski definition) is 3. The summed E-state index contributed by atoms with van der Waals surface area (Å²) in [6, 6.07) is 16.5. The van der Waals surface area contributed by atoms with E-state index in [0.717, 1.165) is 18.4 Å². The molecule has 0 saturated heterocycles. The molecule has 2 aromatic rings. The Bertz CT molecular complexity index is 879. The van der Waals surface area contributed by atoms with Crippen LogP contribution >= 0.6 is 0 Å². The van der Waals surface area contributed by atoms with Crippen LogP contribution in [-0.2, 0) is 4.79 Å². The van der Waals surface area contributed by atoms with Gasteiger partial charge in [0.15, 0.2) is 5.78 Å². The normalized spacial score (nSPS) is 23.5. The summed E-state index contributed by atoms with van der Waals surface area (Å²) >= 11 is 0. The van der Waals surface area contributed by atoms with E-state index >= 15 is 0 Å². The molecular weight excluding hydrogens is 324 g/mol. The minimum atomic E-state index is -0.189. The number of hydrogen-bond donors (Lipinski definition) is 0. The van der Waals surface area contributed by atoms with Crippen LogP contribution in [0, 0.1) is 17.8 Å². The number of rotatable bonds is 5. The summed E-state index contributed by atoms with van der Waals surface area (Å²) in [5.74, 6) is 0.906. The summed E-state index contributed by atoms with van der Waals surface area (Å²) in [7, 11) is 0. The molecule has 2 aliphatic rings. The summed E-state index contributed by atoms with van der Waals surface area (Å²) in [6.45, 7) is 0.